The maximum Gasteiger partial charge on any atom is 0.358 e. The SMILES string of the molecule is COc1ccc(OC)c(-c2csc(NC(=O)COC(=O)c3csc(-c4ncccn4)n3)n2)c1. The van der Waals surface area contributed by atoms with Crippen molar-refractivity contribution in [3.8, 4) is 33.6 Å². The number of amides is 1. The Balaban J connectivity index is 1.35. The van der Waals surface area contributed by atoms with Crippen LogP contribution in [0.5, 0.6) is 11.5 Å². The van der Waals surface area contributed by atoms with Gasteiger partial charge in [0.05, 0.1) is 19.9 Å². The van der Waals surface area contributed by atoms with Crippen LogP contribution in [0.1, 0.15) is 10.5 Å². The summed E-state index contributed by atoms with van der Waals surface area (Å²) < 4.78 is 15.7. The highest BCUT2D eigenvalue weighted by Gasteiger charge is 2.17. The Bertz CT molecular complexity index is 1280. The fourth-order valence-corrected chi connectivity index (χ4v) is 4.17. The molecule has 3 heterocycles. The van der Waals surface area contributed by atoms with Gasteiger partial charge in [0.2, 0.25) is 0 Å². The van der Waals surface area contributed by atoms with E-state index in [2.05, 4.69) is 25.3 Å². The number of ether oxygens (including phenoxy) is 3. The number of anilines is 1. The molecule has 1 N–H and O–H groups in total. The van der Waals surface area contributed by atoms with Gasteiger partial charge in [-0.1, -0.05) is 0 Å². The quantitative estimate of drug-likeness (QED) is 0.375. The molecule has 0 aliphatic rings. The molecule has 0 fully saturated rings. The van der Waals surface area contributed by atoms with Gasteiger partial charge >= 0.3 is 5.97 Å². The van der Waals surface area contributed by atoms with Crippen LogP contribution in [0.4, 0.5) is 5.13 Å². The summed E-state index contributed by atoms with van der Waals surface area (Å²) in [5, 5.41) is 6.76. The molecule has 0 saturated heterocycles. The Morgan fingerprint density at radius 2 is 1.85 bits per heavy atom. The second-order valence-corrected chi connectivity index (χ2v) is 8.05. The molecular formula is C21H17N5O5S2. The van der Waals surface area contributed by atoms with Gasteiger partial charge in [-0.3, -0.25) is 10.1 Å². The summed E-state index contributed by atoms with van der Waals surface area (Å²) in [6.07, 6.45) is 3.17. The van der Waals surface area contributed by atoms with E-state index in [-0.39, 0.29) is 5.69 Å². The maximum atomic E-state index is 12.2. The predicted molar refractivity (Wildman–Crippen MR) is 123 cm³/mol. The molecule has 0 aliphatic heterocycles. The highest BCUT2D eigenvalue weighted by atomic mass is 32.1. The number of aromatic nitrogens is 4. The molecule has 168 valence electrons. The molecule has 10 nitrogen and oxygen atoms in total. The van der Waals surface area contributed by atoms with Crippen LogP contribution in [0.15, 0.2) is 47.4 Å². The topological polar surface area (TPSA) is 125 Å². The van der Waals surface area contributed by atoms with Crippen LogP contribution in [0.25, 0.3) is 22.1 Å². The fourth-order valence-electron chi connectivity index (χ4n) is 2.71. The Hall–Kier alpha value is -3.90. The van der Waals surface area contributed by atoms with E-state index in [0.717, 1.165) is 5.56 Å². The number of nitrogens with one attached hydrogen (secondary N) is 1. The van der Waals surface area contributed by atoms with Gasteiger partial charge in [-0.25, -0.2) is 24.7 Å². The summed E-state index contributed by atoms with van der Waals surface area (Å²) in [7, 11) is 3.13. The zero-order valence-corrected chi connectivity index (χ0v) is 19.1. The first kappa shape index (κ1) is 22.3. The molecule has 1 amide bonds. The van der Waals surface area contributed by atoms with Crippen molar-refractivity contribution in [1.82, 2.24) is 19.9 Å². The normalized spacial score (nSPS) is 10.5. The second kappa shape index (κ2) is 10.1. The predicted octanol–water partition coefficient (Wildman–Crippen LogP) is 3.54. The van der Waals surface area contributed by atoms with Crippen LogP contribution in [0, 0.1) is 0 Å². The van der Waals surface area contributed by atoms with E-state index in [1.165, 1.54) is 28.1 Å². The largest absolute Gasteiger partial charge is 0.497 e. The molecule has 0 radical (unpaired) electrons. The number of benzene rings is 1. The summed E-state index contributed by atoms with van der Waals surface area (Å²) in [5.74, 6) is 0.441. The molecule has 0 saturated carbocycles. The van der Waals surface area contributed by atoms with Crippen molar-refractivity contribution in [2.24, 2.45) is 0 Å². The highest BCUT2D eigenvalue weighted by Crippen LogP contribution is 2.35. The van der Waals surface area contributed by atoms with Crippen LogP contribution in [-0.2, 0) is 9.53 Å². The van der Waals surface area contributed by atoms with Gasteiger partial charge < -0.3 is 14.2 Å². The molecule has 0 unspecified atom stereocenters. The number of hydrogen-bond acceptors (Lipinski definition) is 11. The lowest BCUT2D eigenvalue weighted by Gasteiger charge is -2.08. The Kier molecular flexibility index (Phi) is 6.86. The third-order valence-electron chi connectivity index (χ3n) is 4.24. The van der Waals surface area contributed by atoms with Crippen LogP contribution < -0.4 is 14.8 Å². The number of esters is 1. The molecule has 4 rings (SSSR count). The smallest absolute Gasteiger partial charge is 0.358 e. The number of hydrogen-bond donors (Lipinski definition) is 1. The summed E-state index contributed by atoms with van der Waals surface area (Å²) >= 11 is 2.44. The number of thiazole rings is 2. The van der Waals surface area contributed by atoms with Gasteiger partial charge in [0.1, 0.15) is 11.5 Å². The van der Waals surface area contributed by atoms with Crippen molar-refractivity contribution in [2.45, 2.75) is 0 Å². The first-order chi connectivity index (χ1) is 16.1. The first-order valence-corrected chi connectivity index (χ1v) is 11.2. The molecule has 12 heteroatoms. The third kappa shape index (κ3) is 5.30. The minimum atomic E-state index is -0.718. The van der Waals surface area contributed by atoms with Gasteiger partial charge in [-0.05, 0) is 24.3 Å². The van der Waals surface area contributed by atoms with E-state index in [4.69, 9.17) is 14.2 Å². The lowest BCUT2D eigenvalue weighted by molar-refractivity contribution is -0.119. The number of nitrogens with zero attached hydrogens (tertiary/aromatic N) is 4. The summed E-state index contributed by atoms with van der Waals surface area (Å²) in [6, 6.07) is 7.04. The monoisotopic (exact) mass is 483 g/mol. The van der Waals surface area contributed by atoms with E-state index in [1.54, 1.807) is 56.3 Å². The number of carbonyl (C=O) groups excluding carboxylic acids is 2. The molecule has 0 atom stereocenters. The molecule has 1 aromatic carbocycles. The number of rotatable bonds is 8. The van der Waals surface area contributed by atoms with E-state index in [1.807, 2.05) is 0 Å². The van der Waals surface area contributed by atoms with Crippen molar-refractivity contribution in [1.29, 1.82) is 0 Å². The van der Waals surface area contributed by atoms with Gasteiger partial charge in [0, 0.05) is 28.7 Å². The van der Waals surface area contributed by atoms with E-state index >= 15 is 0 Å². The summed E-state index contributed by atoms with van der Waals surface area (Å²) in [6.45, 7) is -0.481. The highest BCUT2D eigenvalue weighted by molar-refractivity contribution is 7.14. The first-order valence-electron chi connectivity index (χ1n) is 9.45. The Morgan fingerprint density at radius 1 is 1.03 bits per heavy atom. The van der Waals surface area contributed by atoms with Crippen LogP contribution >= 0.6 is 22.7 Å². The maximum absolute atomic E-state index is 12.2. The molecule has 33 heavy (non-hydrogen) atoms. The Morgan fingerprint density at radius 3 is 2.61 bits per heavy atom. The van der Waals surface area contributed by atoms with Crippen molar-refractivity contribution in [3.63, 3.8) is 0 Å². The van der Waals surface area contributed by atoms with Crippen molar-refractivity contribution < 1.29 is 23.8 Å². The standard InChI is InChI=1S/C21H17N5O5S2/c1-29-12-4-5-16(30-2)13(8-12)14-10-33-21(25-14)26-17(27)9-31-20(28)15-11-32-19(24-15)18-22-6-3-7-23-18/h3-8,10-11H,9H2,1-2H3,(H,25,26,27). The number of carbonyl (C=O) groups is 2. The zero-order valence-electron chi connectivity index (χ0n) is 17.5. The second-order valence-electron chi connectivity index (χ2n) is 6.34. The van der Waals surface area contributed by atoms with E-state index in [0.29, 0.717) is 33.2 Å². The molecule has 4 aromatic rings. The molecular weight excluding hydrogens is 466 g/mol. The van der Waals surface area contributed by atoms with Crippen molar-refractivity contribution in [2.75, 3.05) is 26.1 Å². The van der Waals surface area contributed by atoms with E-state index in [9.17, 15) is 9.59 Å². The lowest BCUT2D eigenvalue weighted by Crippen LogP contribution is -2.21. The molecule has 3 aromatic heterocycles. The van der Waals surface area contributed by atoms with Crippen LogP contribution in [0.3, 0.4) is 0 Å². The van der Waals surface area contributed by atoms with Crippen molar-refractivity contribution >= 4 is 39.7 Å². The van der Waals surface area contributed by atoms with Crippen LogP contribution in [-0.4, -0.2) is 52.6 Å². The Labute approximate surface area is 196 Å². The molecule has 0 spiro atoms. The van der Waals surface area contributed by atoms with Crippen LogP contribution in [0.2, 0.25) is 0 Å². The average molecular weight is 484 g/mol. The minimum Gasteiger partial charge on any atom is -0.497 e. The molecule has 0 aliphatic carbocycles. The summed E-state index contributed by atoms with van der Waals surface area (Å²) in [4.78, 5) is 41.2. The average Bonchev–Trinajstić information content (AvgIpc) is 3.53. The van der Waals surface area contributed by atoms with Gasteiger partial charge in [0.25, 0.3) is 5.91 Å². The lowest BCUT2D eigenvalue weighted by atomic mass is 10.1. The zero-order chi connectivity index (χ0) is 23.2. The summed E-state index contributed by atoms with van der Waals surface area (Å²) in [5.41, 5.74) is 1.42. The van der Waals surface area contributed by atoms with Gasteiger partial charge in [-0.15, -0.1) is 22.7 Å². The van der Waals surface area contributed by atoms with Gasteiger partial charge in [-0.2, -0.15) is 0 Å². The van der Waals surface area contributed by atoms with Gasteiger partial charge in [0.15, 0.2) is 28.3 Å². The third-order valence-corrected chi connectivity index (χ3v) is 5.83. The van der Waals surface area contributed by atoms with Crippen molar-refractivity contribution in [3.05, 3.63) is 53.1 Å². The minimum absolute atomic E-state index is 0.0805. The van der Waals surface area contributed by atoms with E-state index < -0.39 is 18.5 Å². The molecule has 0 bridgehead atoms. The fraction of sp³-hybridized carbons (Fsp3) is 0.143. The number of methoxy groups -OCH3 is 2.